The molecule has 0 aromatic heterocycles. The number of hydrogen-bond acceptors (Lipinski definition) is 3. The predicted octanol–water partition coefficient (Wildman–Crippen LogP) is 2.26. The first-order valence-electron chi connectivity index (χ1n) is 7.23. The van der Waals surface area contributed by atoms with E-state index in [4.69, 9.17) is 0 Å². The second-order valence-corrected chi connectivity index (χ2v) is 6.79. The minimum Gasteiger partial charge on any atom is -0.343 e. The number of piperidine rings is 1. The molecule has 0 aromatic rings. The zero-order valence-electron chi connectivity index (χ0n) is 11.7. The zero-order chi connectivity index (χ0) is 13.0. The van der Waals surface area contributed by atoms with Crippen LogP contribution in [0.15, 0.2) is 0 Å². The summed E-state index contributed by atoms with van der Waals surface area (Å²) in [6.07, 6.45) is 9.88. The number of nitrogens with zero attached hydrogens (tertiary/aromatic N) is 1. The molecule has 4 heteroatoms. The van der Waals surface area contributed by atoms with Gasteiger partial charge in [-0.05, 0) is 44.8 Å². The Labute approximate surface area is 115 Å². The van der Waals surface area contributed by atoms with E-state index < -0.39 is 0 Å². The molecule has 1 saturated carbocycles. The maximum absolute atomic E-state index is 11.3. The van der Waals surface area contributed by atoms with E-state index in [1.807, 2.05) is 16.7 Å². The van der Waals surface area contributed by atoms with Crippen LogP contribution in [-0.4, -0.2) is 47.5 Å². The van der Waals surface area contributed by atoms with Crippen LogP contribution in [-0.2, 0) is 4.79 Å². The molecule has 2 aliphatic rings. The first-order valence-corrected chi connectivity index (χ1v) is 8.52. The van der Waals surface area contributed by atoms with E-state index in [1.165, 1.54) is 25.7 Å². The number of rotatable bonds is 3. The normalized spacial score (nSPS) is 30.4. The molecule has 3 nitrogen and oxygen atoms in total. The summed E-state index contributed by atoms with van der Waals surface area (Å²) in [6.45, 7) is 3.55. The molecule has 0 atom stereocenters. The quantitative estimate of drug-likeness (QED) is 0.854. The summed E-state index contributed by atoms with van der Waals surface area (Å²) in [5.41, 5.74) is 0. The second-order valence-electron chi connectivity index (χ2n) is 5.66. The Kier molecular flexibility index (Phi) is 5.37. The Bertz CT molecular complexity index is 269. The Hall–Kier alpha value is -0.220. The molecule has 0 radical (unpaired) electrons. The average molecular weight is 270 g/mol. The monoisotopic (exact) mass is 270 g/mol. The van der Waals surface area contributed by atoms with Crippen molar-refractivity contribution in [3.63, 3.8) is 0 Å². The molecule has 1 amide bonds. The third-order valence-electron chi connectivity index (χ3n) is 4.42. The number of thioether (sulfide) groups is 1. The summed E-state index contributed by atoms with van der Waals surface area (Å²) in [4.78, 5) is 13.2. The van der Waals surface area contributed by atoms with Crippen molar-refractivity contribution in [3.8, 4) is 0 Å². The van der Waals surface area contributed by atoms with Crippen LogP contribution in [0.5, 0.6) is 0 Å². The third kappa shape index (κ3) is 3.89. The van der Waals surface area contributed by atoms with Gasteiger partial charge in [0.2, 0.25) is 5.91 Å². The lowest BCUT2D eigenvalue weighted by atomic mass is 9.93. The van der Waals surface area contributed by atoms with Gasteiger partial charge < -0.3 is 10.2 Å². The molecule has 1 aliphatic heterocycles. The molecule has 1 N–H and O–H groups in total. The largest absolute Gasteiger partial charge is 0.343 e. The van der Waals surface area contributed by atoms with Crippen molar-refractivity contribution >= 4 is 17.7 Å². The minimum atomic E-state index is 0.230. The number of carbonyl (C=O) groups excluding carboxylic acids is 1. The number of hydrogen-bond donors (Lipinski definition) is 1. The summed E-state index contributed by atoms with van der Waals surface area (Å²) >= 11 is 2.03. The van der Waals surface area contributed by atoms with E-state index >= 15 is 0 Å². The lowest BCUT2D eigenvalue weighted by Gasteiger charge is -2.36. The van der Waals surface area contributed by atoms with Gasteiger partial charge in [0.1, 0.15) is 0 Å². The van der Waals surface area contributed by atoms with Gasteiger partial charge in [0, 0.05) is 37.3 Å². The van der Waals surface area contributed by atoms with E-state index in [-0.39, 0.29) is 5.91 Å². The van der Waals surface area contributed by atoms with Gasteiger partial charge in [-0.3, -0.25) is 4.79 Å². The van der Waals surface area contributed by atoms with E-state index in [0.717, 1.165) is 37.2 Å². The lowest BCUT2D eigenvalue weighted by molar-refractivity contribution is -0.129. The van der Waals surface area contributed by atoms with Crippen molar-refractivity contribution in [2.24, 2.45) is 0 Å². The van der Waals surface area contributed by atoms with E-state index in [2.05, 4.69) is 11.6 Å². The molecule has 18 heavy (non-hydrogen) atoms. The van der Waals surface area contributed by atoms with Gasteiger partial charge in [-0.2, -0.15) is 11.8 Å². The van der Waals surface area contributed by atoms with Crippen LogP contribution in [0.1, 0.15) is 45.4 Å². The molecular weight excluding hydrogens is 244 g/mol. The second kappa shape index (κ2) is 6.80. The van der Waals surface area contributed by atoms with Crippen LogP contribution in [0.2, 0.25) is 0 Å². The highest BCUT2D eigenvalue weighted by atomic mass is 32.2. The smallest absolute Gasteiger partial charge is 0.219 e. The minimum absolute atomic E-state index is 0.230. The highest BCUT2D eigenvalue weighted by Crippen LogP contribution is 2.27. The van der Waals surface area contributed by atoms with Crippen LogP contribution >= 0.6 is 11.8 Å². The van der Waals surface area contributed by atoms with Crippen molar-refractivity contribution in [1.82, 2.24) is 10.2 Å². The molecule has 2 rings (SSSR count). The van der Waals surface area contributed by atoms with Gasteiger partial charge in [-0.15, -0.1) is 0 Å². The summed E-state index contributed by atoms with van der Waals surface area (Å²) in [7, 11) is 0. The van der Waals surface area contributed by atoms with Gasteiger partial charge in [0.25, 0.3) is 0 Å². The Balaban J connectivity index is 1.67. The SMILES string of the molecule is CSC1CCC(NC2CCN(C(C)=O)CC2)CC1. The highest BCUT2D eigenvalue weighted by molar-refractivity contribution is 7.99. The van der Waals surface area contributed by atoms with Crippen LogP contribution in [0, 0.1) is 0 Å². The van der Waals surface area contributed by atoms with Gasteiger partial charge in [-0.1, -0.05) is 0 Å². The number of carbonyl (C=O) groups is 1. The molecule has 0 aromatic carbocycles. The molecular formula is C14H26N2OS. The first kappa shape index (κ1) is 14.2. The zero-order valence-corrected chi connectivity index (χ0v) is 12.5. The van der Waals surface area contributed by atoms with Crippen LogP contribution in [0.25, 0.3) is 0 Å². The average Bonchev–Trinajstić information content (AvgIpc) is 2.40. The molecule has 1 heterocycles. The summed E-state index contributed by atoms with van der Waals surface area (Å²) in [5, 5.41) is 4.71. The van der Waals surface area contributed by atoms with Crippen molar-refractivity contribution in [3.05, 3.63) is 0 Å². The number of amides is 1. The molecule has 0 spiro atoms. The van der Waals surface area contributed by atoms with E-state index in [9.17, 15) is 4.79 Å². The Morgan fingerprint density at radius 1 is 1.06 bits per heavy atom. The Morgan fingerprint density at radius 3 is 2.11 bits per heavy atom. The van der Waals surface area contributed by atoms with Crippen molar-refractivity contribution in [1.29, 1.82) is 0 Å². The van der Waals surface area contributed by atoms with Crippen LogP contribution < -0.4 is 5.32 Å². The Morgan fingerprint density at radius 2 is 1.61 bits per heavy atom. The standard InChI is InChI=1S/C14H26N2OS/c1-11(17)16-9-7-13(8-10-16)15-12-3-5-14(18-2)6-4-12/h12-15H,3-10H2,1-2H3. The topological polar surface area (TPSA) is 32.3 Å². The fraction of sp³-hybridized carbons (Fsp3) is 0.929. The molecule has 104 valence electrons. The van der Waals surface area contributed by atoms with Gasteiger partial charge in [0.15, 0.2) is 0 Å². The molecule has 2 fully saturated rings. The maximum atomic E-state index is 11.3. The first-order chi connectivity index (χ1) is 8.69. The summed E-state index contributed by atoms with van der Waals surface area (Å²) in [6, 6.07) is 1.36. The van der Waals surface area contributed by atoms with Crippen molar-refractivity contribution in [2.75, 3.05) is 19.3 Å². The fourth-order valence-electron chi connectivity index (χ4n) is 3.16. The maximum Gasteiger partial charge on any atom is 0.219 e. The van der Waals surface area contributed by atoms with Gasteiger partial charge >= 0.3 is 0 Å². The number of likely N-dealkylation sites (tertiary alicyclic amines) is 1. The predicted molar refractivity (Wildman–Crippen MR) is 78.0 cm³/mol. The molecule has 1 saturated heterocycles. The highest BCUT2D eigenvalue weighted by Gasteiger charge is 2.25. The molecule has 0 bridgehead atoms. The van der Waals surface area contributed by atoms with Gasteiger partial charge in [0.05, 0.1) is 0 Å². The lowest BCUT2D eigenvalue weighted by Crippen LogP contribution is -2.48. The summed E-state index contributed by atoms with van der Waals surface area (Å²) in [5.74, 6) is 0.230. The summed E-state index contributed by atoms with van der Waals surface area (Å²) < 4.78 is 0. The van der Waals surface area contributed by atoms with Crippen molar-refractivity contribution < 1.29 is 4.79 Å². The number of nitrogens with one attached hydrogen (secondary N) is 1. The fourth-order valence-corrected chi connectivity index (χ4v) is 3.90. The van der Waals surface area contributed by atoms with Crippen LogP contribution in [0.4, 0.5) is 0 Å². The molecule has 0 unspecified atom stereocenters. The van der Waals surface area contributed by atoms with Gasteiger partial charge in [-0.25, -0.2) is 0 Å². The third-order valence-corrected chi connectivity index (χ3v) is 5.56. The molecule has 1 aliphatic carbocycles. The van der Waals surface area contributed by atoms with E-state index in [0.29, 0.717) is 6.04 Å². The van der Waals surface area contributed by atoms with Crippen molar-refractivity contribution in [2.45, 2.75) is 62.8 Å². The van der Waals surface area contributed by atoms with Crippen LogP contribution in [0.3, 0.4) is 0 Å². The van der Waals surface area contributed by atoms with E-state index in [1.54, 1.807) is 6.92 Å².